The topological polar surface area (TPSA) is 65.9 Å². The van der Waals surface area contributed by atoms with E-state index in [2.05, 4.69) is 23.8 Å². The average Bonchev–Trinajstić information content (AvgIpc) is 2.59. The molecule has 0 saturated heterocycles. The van der Waals surface area contributed by atoms with E-state index in [9.17, 15) is 9.35 Å². The van der Waals surface area contributed by atoms with Gasteiger partial charge in [-0.25, -0.2) is 0 Å². The zero-order chi connectivity index (χ0) is 17.1. The fourth-order valence-corrected chi connectivity index (χ4v) is 4.52. The van der Waals surface area contributed by atoms with Gasteiger partial charge in [0.2, 0.25) is 5.03 Å². The fraction of sp³-hybridized carbons (Fsp3) is 0.278. The average molecular weight is 358 g/mol. The van der Waals surface area contributed by atoms with E-state index in [1.807, 2.05) is 24.3 Å². The highest BCUT2D eigenvalue weighted by Gasteiger charge is 2.16. The summed E-state index contributed by atoms with van der Waals surface area (Å²) in [6.07, 6.45) is 0.889. The summed E-state index contributed by atoms with van der Waals surface area (Å²) >= 11 is 0.287. The maximum atomic E-state index is 12.4. The molecule has 6 heteroatoms. The van der Waals surface area contributed by atoms with Crippen molar-refractivity contribution in [3.63, 3.8) is 0 Å². The lowest BCUT2D eigenvalue weighted by molar-refractivity contribution is 0.570. The zero-order valence-corrected chi connectivity index (χ0v) is 15.2. The summed E-state index contributed by atoms with van der Waals surface area (Å²) in [5, 5.41) is 1.71. The first kappa shape index (κ1) is 17.1. The predicted octanol–water partition coefficient (Wildman–Crippen LogP) is 3.87. The minimum Gasteiger partial charge on any atom is -0.610 e. The number of rotatable bonds is 5. The van der Waals surface area contributed by atoms with E-state index < -0.39 is 11.2 Å². The van der Waals surface area contributed by atoms with E-state index in [-0.39, 0.29) is 5.56 Å². The van der Waals surface area contributed by atoms with Crippen molar-refractivity contribution in [2.24, 2.45) is 5.92 Å². The lowest BCUT2D eigenvalue weighted by Crippen LogP contribution is -2.11. The fourth-order valence-electron chi connectivity index (χ4n) is 2.23. The smallest absolute Gasteiger partial charge is 0.279 e. The molecule has 0 saturated carbocycles. The van der Waals surface area contributed by atoms with Crippen LogP contribution in [0.25, 0.3) is 20.8 Å². The van der Waals surface area contributed by atoms with E-state index in [1.54, 1.807) is 18.2 Å². The zero-order valence-electron chi connectivity index (χ0n) is 13.6. The summed E-state index contributed by atoms with van der Waals surface area (Å²) < 4.78 is 13.3. The van der Waals surface area contributed by atoms with Crippen LogP contribution in [-0.2, 0) is 11.2 Å². The van der Waals surface area contributed by atoms with Gasteiger partial charge in [-0.3, -0.25) is 4.79 Å². The number of aromatic nitrogens is 2. The Hall–Kier alpha value is -1.76. The third-order valence-corrected chi connectivity index (χ3v) is 5.95. The van der Waals surface area contributed by atoms with E-state index in [0.29, 0.717) is 32.8 Å². The molecule has 2 aromatic heterocycles. The lowest BCUT2D eigenvalue weighted by Gasteiger charge is -2.11. The van der Waals surface area contributed by atoms with Gasteiger partial charge in [0.05, 0.1) is 5.39 Å². The molecule has 1 atom stereocenters. The predicted molar refractivity (Wildman–Crippen MR) is 99.9 cm³/mol. The van der Waals surface area contributed by atoms with Crippen LogP contribution in [0.15, 0.2) is 52.3 Å². The largest absolute Gasteiger partial charge is 0.610 e. The molecule has 0 spiro atoms. The SMILES string of the molecule is CC(C)CC[S+]([O-])c1cccc(-c2nc(=O)c3ccccc3s2)n1. The van der Waals surface area contributed by atoms with Crippen molar-refractivity contribution < 1.29 is 4.55 Å². The van der Waals surface area contributed by atoms with Crippen molar-refractivity contribution in [2.45, 2.75) is 25.3 Å². The molecule has 0 amide bonds. The molecular formula is C18H18N2O2S2. The second-order valence-corrected chi connectivity index (χ2v) is 8.46. The van der Waals surface area contributed by atoms with Crippen LogP contribution in [0.3, 0.4) is 0 Å². The summed E-state index contributed by atoms with van der Waals surface area (Å²) in [6.45, 7) is 4.22. The van der Waals surface area contributed by atoms with Gasteiger partial charge in [0.1, 0.15) is 16.5 Å². The summed E-state index contributed by atoms with van der Waals surface area (Å²) in [5.41, 5.74) is 0.339. The standard InChI is InChI=1S/C18H18N2O2S2/c1-12(2)10-11-24(22)16-9-5-7-14(19-16)18-20-17(21)13-6-3-4-8-15(13)23-18/h3-9,12H,10-11H2,1-2H3. The van der Waals surface area contributed by atoms with Gasteiger partial charge in [-0.2, -0.15) is 9.97 Å². The summed E-state index contributed by atoms with van der Waals surface area (Å²) in [5.74, 6) is 1.10. The van der Waals surface area contributed by atoms with E-state index in [1.165, 1.54) is 11.3 Å². The first-order valence-corrected chi connectivity index (χ1v) is 9.94. The number of hydrogen-bond donors (Lipinski definition) is 0. The van der Waals surface area contributed by atoms with Crippen molar-refractivity contribution in [2.75, 3.05) is 5.75 Å². The third-order valence-electron chi connectivity index (χ3n) is 3.58. The van der Waals surface area contributed by atoms with E-state index in [0.717, 1.165) is 11.1 Å². The molecule has 2 heterocycles. The molecule has 0 radical (unpaired) electrons. The molecule has 0 aliphatic heterocycles. The van der Waals surface area contributed by atoms with Gasteiger partial charge < -0.3 is 4.55 Å². The van der Waals surface area contributed by atoms with Crippen LogP contribution in [0.4, 0.5) is 0 Å². The minimum absolute atomic E-state index is 0.257. The molecule has 0 bridgehead atoms. The quantitative estimate of drug-likeness (QED) is 0.649. The Bertz CT molecular complexity index is 909. The maximum Gasteiger partial charge on any atom is 0.279 e. The molecule has 4 nitrogen and oxygen atoms in total. The number of benzene rings is 1. The Morgan fingerprint density at radius 3 is 2.71 bits per heavy atom. The maximum absolute atomic E-state index is 12.4. The second-order valence-electron chi connectivity index (χ2n) is 5.91. The molecule has 24 heavy (non-hydrogen) atoms. The van der Waals surface area contributed by atoms with Gasteiger partial charge in [-0.05, 0) is 30.5 Å². The van der Waals surface area contributed by atoms with Crippen LogP contribution >= 0.6 is 11.3 Å². The highest BCUT2D eigenvalue weighted by Crippen LogP contribution is 2.25. The van der Waals surface area contributed by atoms with Crippen molar-refractivity contribution in [1.82, 2.24) is 9.97 Å². The van der Waals surface area contributed by atoms with Gasteiger partial charge >= 0.3 is 0 Å². The Balaban J connectivity index is 1.95. The minimum atomic E-state index is -1.13. The molecule has 0 N–H and O–H groups in total. The van der Waals surface area contributed by atoms with Gasteiger partial charge in [-0.1, -0.05) is 32.0 Å². The van der Waals surface area contributed by atoms with Gasteiger partial charge in [0.25, 0.3) is 5.56 Å². The molecule has 1 aromatic carbocycles. The first-order valence-electron chi connectivity index (χ1n) is 7.80. The van der Waals surface area contributed by atoms with E-state index in [4.69, 9.17) is 0 Å². The Morgan fingerprint density at radius 2 is 1.92 bits per heavy atom. The van der Waals surface area contributed by atoms with Crippen LogP contribution in [0, 0.1) is 5.92 Å². The number of pyridine rings is 1. The lowest BCUT2D eigenvalue weighted by atomic mass is 10.2. The third kappa shape index (κ3) is 3.83. The molecule has 0 fully saturated rings. The summed E-state index contributed by atoms with van der Waals surface area (Å²) in [7, 11) is 0. The summed E-state index contributed by atoms with van der Waals surface area (Å²) in [6, 6.07) is 12.8. The Labute approximate surface area is 147 Å². The second kappa shape index (κ2) is 7.42. The normalized spacial score (nSPS) is 12.7. The molecule has 3 aromatic rings. The monoisotopic (exact) mass is 358 g/mol. The molecule has 124 valence electrons. The number of hydrogen-bond acceptors (Lipinski definition) is 5. The van der Waals surface area contributed by atoms with Crippen molar-refractivity contribution >= 4 is 32.6 Å². The van der Waals surface area contributed by atoms with E-state index >= 15 is 0 Å². The Morgan fingerprint density at radius 1 is 1.12 bits per heavy atom. The van der Waals surface area contributed by atoms with Gasteiger partial charge in [-0.15, -0.1) is 11.3 Å². The highest BCUT2D eigenvalue weighted by molar-refractivity contribution is 7.91. The molecular weight excluding hydrogens is 340 g/mol. The van der Waals surface area contributed by atoms with Crippen LogP contribution < -0.4 is 5.56 Å². The van der Waals surface area contributed by atoms with Crippen molar-refractivity contribution in [1.29, 1.82) is 0 Å². The van der Waals surface area contributed by atoms with Crippen LogP contribution in [0.2, 0.25) is 0 Å². The Kier molecular flexibility index (Phi) is 5.28. The van der Waals surface area contributed by atoms with Crippen molar-refractivity contribution in [3.05, 3.63) is 52.8 Å². The molecule has 3 rings (SSSR count). The van der Waals surface area contributed by atoms with Crippen LogP contribution in [0.5, 0.6) is 0 Å². The highest BCUT2D eigenvalue weighted by atomic mass is 32.2. The molecule has 1 unspecified atom stereocenters. The van der Waals surface area contributed by atoms with Crippen molar-refractivity contribution in [3.8, 4) is 10.7 Å². The number of fused-ring (bicyclic) bond motifs is 1. The van der Waals surface area contributed by atoms with Gasteiger partial charge in [0.15, 0.2) is 0 Å². The van der Waals surface area contributed by atoms with Crippen LogP contribution in [0.1, 0.15) is 20.3 Å². The molecule has 0 aliphatic rings. The number of nitrogens with zero attached hydrogens (tertiary/aromatic N) is 2. The van der Waals surface area contributed by atoms with Gasteiger partial charge in [0, 0.05) is 21.9 Å². The molecule has 0 aliphatic carbocycles. The van der Waals surface area contributed by atoms with Crippen LogP contribution in [-0.4, -0.2) is 20.3 Å². The summed E-state index contributed by atoms with van der Waals surface area (Å²) in [4.78, 5) is 20.8. The first-order chi connectivity index (χ1) is 11.5.